The van der Waals surface area contributed by atoms with Crippen molar-refractivity contribution in [1.29, 1.82) is 0 Å². The van der Waals surface area contributed by atoms with Gasteiger partial charge in [-0.1, -0.05) is 13.0 Å². The maximum Gasteiger partial charge on any atom is 0.255 e. The third-order valence-electron chi connectivity index (χ3n) is 3.48. The van der Waals surface area contributed by atoms with Gasteiger partial charge in [0.2, 0.25) is 10.0 Å². The smallest absolute Gasteiger partial charge is 0.255 e. The zero-order chi connectivity index (χ0) is 17.7. The number of nitrogens with one attached hydrogen (secondary N) is 2. The zero-order valence-corrected chi connectivity index (χ0v) is 14.2. The molecule has 1 amide bonds. The summed E-state index contributed by atoms with van der Waals surface area (Å²) in [6.07, 6.45) is 0.657. The van der Waals surface area contributed by atoms with Gasteiger partial charge in [0.1, 0.15) is 5.82 Å². The maximum atomic E-state index is 12.9. The van der Waals surface area contributed by atoms with E-state index in [4.69, 9.17) is 0 Å². The van der Waals surface area contributed by atoms with E-state index in [2.05, 4.69) is 10.0 Å². The first-order chi connectivity index (χ1) is 11.3. The standard InChI is InChI=1S/C17H19FN2O3S/c1-3-12(2)20-24(22,23)16-6-4-5-13(11-16)17(21)19-15-9-7-14(18)8-10-15/h4-12,20H,3H2,1-2H3,(H,19,21)/t12-/m0/s1. The second-order valence-corrected chi connectivity index (χ2v) is 7.13. The summed E-state index contributed by atoms with van der Waals surface area (Å²) in [5.74, 6) is -0.876. The Morgan fingerprint density at radius 3 is 2.46 bits per heavy atom. The fourth-order valence-corrected chi connectivity index (χ4v) is 3.33. The Balaban J connectivity index is 2.20. The van der Waals surface area contributed by atoms with Gasteiger partial charge in [-0.25, -0.2) is 17.5 Å². The molecule has 7 heteroatoms. The molecule has 5 nitrogen and oxygen atoms in total. The number of sulfonamides is 1. The fourth-order valence-electron chi connectivity index (χ4n) is 1.96. The largest absolute Gasteiger partial charge is 0.322 e. The highest BCUT2D eigenvalue weighted by Gasteiger charge is 2.18. The Kier molecular flexibility index (Phi) is 5.69. The molecule has 2 N–H and O–H groups in total. The molecule has 0 radical (unpaired) electrons. The molecule has 0 aromatic heterocycles. The monoisotopic (exact) mass is 350 g/mol. The predicted octanol–water partition coefficient (Wildman–Crippen LogP) is 3.15. The first kappa shape index (κ1) is 18.1. The van der Waals surface area contributed by atoms with Crippen LogP contribution in [0.1, 0.15) is 30.6 Å². The predicted molar refractivity (Wildman–Crippen MR) is 90.9 cm³/mol. The molecule has 2 rings (SSSR count). The SMILES string of the molecule is CC[C@H](C)NS(=O)(=O)c1cccc(C(=O)Nc2ccc(F)cc2)c1. The lowest BCUT2D eigenvalue weighted by atomic mass is 10.2. The fraction of sp³-hybridized carbons (Fsp3) is 0.235. The Morgan fingerprint density at radius 1 is 1.17 bits per heavy atom. The molecule has 0 spiro atoms. The quantitative estimate of drug-likeness (QED) is 0.840. The average Bonchev–Trinajstić information content (AvgIpc) is 2.56. The summed E-state index contributed by atoms with van der Waals surface area (Å²) >= 11 is 0. The van der Waals surface area contributed by atoms with Crippen LogP contribution in [0.2, 0.25) is 0 Å². The van der Waals surface area contributed by atoms with Crippen molar-refractivity contribution >= 4 is 21.6 Å². The van der Waals surface area contributed by atoms with E-state index in [1.54, 1.807) is 6.92 Å². The van der Waals surface area contributed by atoms with Crippen LogP contribution in [-0.4, -0.2) is 20.4 Å². The summed E-state index contributed by atoms with van der Waals surface area (Å²) in [6.45, 7) is 3.64. The van der Waals surface area contributed by atoms with Crippen LogP contribution in [0.4, 0.5) is 10.1 Å². The number of rotatable bonds is 6. The number of halogens is 1. The molecule has 0 saturated carbocycles. The normalized spacial score (nSPS) is 12.6. The summed E-state index contributed by atoms with van der Waals surface area (Å²) in [5, 5.41) is 2.60. The minimum Gasteiger partial charge on any atom is -0.322 e. The Labute approximate surface area is 141 Å². The van der Waals surface area contributed by atoms with E-state index in [9.17, 15) is 17.6 Å². The van der Waals surface area contributed by atoms with Gasteiger partial charge in [0.05, 0.1) is 4.90 Å². The van der Waals surface area contributed by atoms with Gasteiger partial charge in [0.25, 0.3) is 5.91 Å². The molecule has 0 heterocycles. The number of hydrogen-bond donors (Lipinski definition) is 2. The highest BCUT2D eigenvalue weighted by atomic mass is 32.2. The molecular weight excluding hydrogens is 331 g/mol. The van der Waals surface area contributed by atoms with Gasteiger partial charge < -0.3 is 5.32 Å². The van der Waals surface area contributed by atoms with Crippen molar-refractivity contribution < 1.29 is 17.6 Å². The molecule has 128 valence electrons. The topological polar surface area (TPSA) is 75.3 Å². The molecular formula is C17H19FN2O3S. The molecule has 0 aliphatic heterocycles. The molecule has 2 aromatic rings. The summed E-state index contributed by atoms with van der Waals surface area (Å²) < 4.78 is 40.0. The number of anilines is 1. The van der Waals surface area contributed by atoms with Crippen molar-refractivity contribution in [3.8, 4) is 0 Å². The van der Waals surface area contributed by atoms with E-state index in [0.717, 1.165) is 0 Å². The minimum atomic E-state index is -3.69. The Hall–Kier alpha value is -2.25. The maximum absolute atomic E-state index is 12.9. The molecule has 0 fully saturated rings. The molecule has 24 heavy (non-hydrogen) atoms. The van der Waals surface area contributed by atoms with Crippen LogP contribution in [0.3, 0.4) is 0 Å². The van der Waals surface area contributed by atoms with Crippen molar-refractivity contribution in [2.24, 2.45) is 0 Å². The first-order valence-electron chi connectivity index (χ1n) is 7.51. The van der Waals surface area contributed by atoms with Crippen molar-refractivity contribution in [2.45, 2.75) is 31.2 Å². The van der Waals surface area contributed by atoms with Crippen LogP contribution in [-0.2, 0) is 10.0 Å². The number of benzene rings is 2. The van der Waals surface area contributed by atoms with Gasteiger partial charge in [-0.15, -0.1) is 0 Å². The second kappa shape index (κ2) is 7.55. The third kappa shape index (κ3) is 4.62. The van der Waals surface area contributed by atoms with Crippen LogP contribution < -0.4 is 10.0 Å². The molecule has 0 unspecified atom stereocenters. The van der Waals surface area contributed by atoms with Crippen LogP contribution in [0.25, 0.3) is 0 Å². The third-order valence-corrected chi connectivity index (χ3v) is 5.06. The van der Waals surface area contributed by atoms with Crippen molar-refractivity contribution in [3.63, 3.8) is 0 Å². The highest BCUT2D eigenvalue weighted by Crippen LogP contribution is 2.15. The van der Waals surface area contributed by atoms with E-state index in [0.29, 0.717) is 12.1 Å². The van der Waals surface area contributed by atoms with Gasteiger partial charge in [-0.05, 0) is 55.8 Å². The molecule has 0 saturated heterocycles. The van der Waals surface area contributed by atoms with E-state index in [1.807, 2.05) is 6.92 Å². The van der Waals surface area contributed by atoms with Crippen LogP contribution in [0, 0.1) is 5.82 Å². The second-order valence-electron chi connectivity index (χ2n) is 5.42. The minimum absolute atomic E-state index is 0.0227. The van der Waals surface area contributed by atoms with Gasteiger partial charge >= 0.3 is 0 Å². The van der Waals surface area contributed by atoms with Crippen LogP contribution in [0.15, 0.2) is 53.4 Å². The summed E-state index contributed by atoms with van der Waals surface area (Å²) in [6, 6.07) is 10.9. The summed E-state index contributed by atoms with van der Waals surface area (Å²) in [4.78, 5) is 12.3. The van der Waals surface area contributed by atoms with Crippen molar-refractivity contribution in [1.82, 2.24) is 4.72 Å². The molecule has 2 aromatic carbocycles. The number of carbonyl (C=O) groups excluding carboxylic acids is 1. The van der Waals surface area contributed by atoms with Gasteiger partial charge in [0, 0.05) is 17.3 Å². The summed E-state index contributed by atoms with van der Waals surface area (Å²) in [7, 11) is -3.69. The van der Waals surface area contributed by atoms with E-state index >= 15 is 0 Å². The van der Waals surface area contributed by atoms with Crippen LogP contribution >= 0.6 is 0 Å². The Morgan fingerprint density at radius 2 is 1.83 bits per heavy atom. The van der Waals surface area contributed by atoms with Gasteiger partial charge in [-0.2, -0.15) is 0 Å². The zero-order valence-electron chi connectivity index (χ0n) is 13.4. The van der Waals surface area contributed by atoms with E-state index in [-0.39, 0.29) is 16.5 Å². The lowest BCUT2D eigenvalue weighted by Gasteiger charge is -2.13. The van der Waals surface area contributed by atoms with Crippen LogP contribution in [0.5, 0.6) is 0 Å². The first-order valence-corrected chi connectivity index (χ1v) is 8.99. The van der Waals surface area contributed by atoms with E-state index in [1.165, 1.54) is 48.5 Å². The number of amides is 1. The summed E-state index contributed by atoms with van der Waals surface area (Å²) in [5.41, 5.74) is 0.624. The lowest BCUT2D eigenvalue weighted by Crippen LogP contribution is -2.32. The molecule has 0 aliphatic rings. The average molecular weight is 350 g/mol. The molecule has 1 atom stereocenters. The van der Waals surface area contributed by atoms with Crippen molar-refractivity contribution in [2.75, 3.05) is 5.32 Å². The number of hydrogen-bond acceptors (Lipinski definition) is 3. The van der Waals surface area contributed by atoms with Crippen molar-refractivity contribution in [3.05, 3.63) is 59.9 Å². The highest BCUT2D eigenvalue weighted by molar-refractivity contribution is 7.89. The van der Waals surface area contributed by atoms with E-state index < -0.39 is 21.7 Å². The molecule has 0 aliphatic carbocycles. The van der Waals surface area contributed by atoms with Gasteiger partial charge in [0.15, 0.2) is 0 Å². The number of carbonyl (C=O) groups is 1. The Bertz CT molecular complexity index is 820. The molecule has 0 bridgehead atoms. The lowest BCUT2D eigenvalue weighted by molar-refractivity contribution is 0.102. The van der Waals surface area contributed by atoms with Gasteiger partial charge in [-0.3, -0.25) is 4.79 Å².